The van der Waals surface area contributed by atoms with Crippen molar-refractivity contribution in [2.24, 2.45) is 0 Å². The zero-order valence-electron chi connectivity index (χ0n) is 16.8. The first-order chi connectivity index (χ1) is 13.3. The Bertz CT molecular complexity index is 849. The van der Waals surface area contributed by atoms with Crippen molar-refractivity contribution in [1.82, 2.24) is 14.8 Å². The highest BCUT2D eigenvalue weighted by molar-refractivity contribution is 7.92. The maximum atomic E-state index is 12.3. The van der Waals surface area contributed by atoms with Crippen molar-refractivity contribution in [3.63, 3.8) is 0 Å². The fourth-order valence-electron chi connectivity index (χ4n) is 5.28. The molecule has 0 aromatic carbocycles. The Kier molecular flexibility index (Phi) is 5.12. The summed E-state index contributed by atoms with van der Waals surface area (Å²) in [4.78, 5) is 20.6. The van der Waals surface area contributed by atoms with E-state index >= 15 is 0 Å². The fraction of sp³-hybridized carbons (Fsp3) is 0.700. The van der Waals surface area contributed by atoms with Crippen LogP contribution in [0.5, 0.6) is 0 Å². The Morgan fingerprint density at radius 2 is 1.93 bits per heavy atom. The molecule has 1 spiro atoms. The number of rotatable bonds is 2. The highest BCUT2D eigenvalue weighted by Gasteiger charge is 2.48. The number of fused-ring (bicyclic) bond motifs is 2. The Morgan fingerprint density at radius 1 is 1.18 bits per heavy atom. The molecule has 2 aliphatic heterocycles. The summed E-state index contributed by atoms with van der Waals surface area (Å²) in [7, 11) is -3.32. The van der Waals surface area contributed by atoms with Crippen LogP contribution in [0.3, 0.4) is 0 Å². The van der Waals surface area contributed by atoms with Gasteiger partial charge in [0.25, 0.3) is 0 Å². The highest BCUT2D eigenvalue weighted by Crippen LogP contribution is 2.49. The van der Waals surface area contributed by atoms with E-state index in [4.69, 9.17) is 0 Å². The zero-order chi connectivity index (χ0) is 19.9. The molecule has 0 atom stereocenters. The highest BCUT2D eigenvalue weighted by atomic mass is 32.2. The van der Waals surface area contributed by atoms with Crippen molar-refractivity contribution in [1.29, 1.82) is 0 Å². The first-order valence-corrected chi connectivity index (χ1v) is 12.1. The van der Waals surface area contributed by atoms with Crippen LogP contribution in [-0.4, -0.2) is 74.1 Å². The van der Waals surface area contributed by atoms with Gasteiger partial charge in [-0.15, -0.1) is 0 Å². The van der Waals surface area contributed by atoms with Crippen molar-refractivity contribution in [2.75, 3.05) is 43.3 Å². The van der Waals surface area contributed by atoms with Gasteiger partial charge >= 0.3 is 0 Å². The molecule has 3 heterocycles. The van der Waals surface area contributed by atoms with Gasteiger partial charge in [-0.2, -0.15) is 0 Å². The summed E-state index contributed by atoms with van der Waals surface area (Å²) in [6, 6.07) is 4.50. The number of pyridine rings is 1. The third kappa shape index (κ3) is 3.52. The van der Waals surface area contributed by atoms with Crippen molar-refractivity contribution in [3.05, 3.63) is 23.9 Å². The number of carbonyl (C=O) groups is 1. The minimum atomic E-state index is -3.32. The van der Waals surface area contributed by atoms with Gasteiger partial charge in [0.05, 0.1) is 6.26 Å². The molecule has 0 radical (unpaired) electrons. The maximum Gasteiger partial charge on any atom is 0.233 e. The predicted molar refractivity (Wildman–Crippen MR) is 109 cm³/mol. The largest absolute Gasteiger partial charge is 0.342 e. The number of sulfonamides is 1. The lowest BCUT2D eigenvalue weighted by Crippen LogP contribution is -2.46. The SMILES string of the molecule is CC(=O)N1CCCN(C2CCC3(CC2)CN(S(C)(=O)=O)c2ncccc23)CC1. The van der Waals surface area contributed by atoms with E-state index in [1.54, 1.807) is 13.1 Å². The normalized spacial score (nSPS) is 29.0. The number of aromatic nitrogens is 1. The van der Waals surface area contributed by atoms with Crippen molar-refractivity contribution in [3.8, 4) is 0 Å². The average Bonchev–Trinajstić information content (AvgIpc) is 2.81. The molecule has 0 bridgehead atoms. The Hall–Kier alpha value is -1.67. The van der Waals surface area contributed by atoms with Gasteiger partial charge in [-0.1, -0.05) is 6.07 Å². The molecule has 1 aliphatic carbocycles. The topological polar surface area (TPSA) is 73.8 Å². The Morgan fingerprint density at radius 3 is 2.61 bits per heavy atom. The molecule has 7 nitrogen and oxygen atoms in total. The van der Waals surface area contributed by atoms with Crippen LogP contribution in [0.4, 0.5) is 5.82 Å². The van der Waals surface area contributed by atoms with E-state index in [1.165, 1.54) is 10.6 Å². The molecule has 1 amide bonds. The number of anilines is 1. The monoisotopic (exact) mass is 406 g/mol. The van der Waals surface area contributed by atoms with Crippen LogP contribution in [-0.2, 0) is 20.2 Å². The summed E-state index contributed by atoms with van der Waals surface area (Å²) in [5, 5.41) is 0. The van der Waals surface area contributed by atoms with Crippen LogP contribution in [0.15, 0.2) is 18.3 Å². The molecular formula is C20H30N4O3S. The smallest absolute Gasteiger partial charge is 0.233 e. The van der Waals surface area contributed by atoms with Crippen molar-refractivity contribution in [2.45, 2.75) is 50.5 Å². The van der Waals surface area contributed by atoms with Crippen LogP contribution in [0.1, 0.15) is 44.6 Å². The first-order valence-electron chi connectivity index (χ1n) is 10.2. The molecule has 0 unspecified atom stereocenters. The number of nitrogens with zero attached hydrogens (tertiary/aromatic N) is 4. The maximum absolute atomic E-state index is 12.3. The Balaban J connectivity index is 1.48. The molecule has 8 heteroatoms. The molecule has 2 fully saturated rings. The van der Waals surface area contributed by atoms with Crippen molar-refractivity contribution >= 4 is 21.7 Å². The van der Waals surface area contributed by atoms with Gasteiger partial charge in [-0.3, -0.25) is 14.0 Å². The molecular weight excluding hydrogens is 376 g/mol. The van der Waals surface area contributed by atoms with Crippen LogP contribution >= 0.6 is 0 Å². The molecule has 1 saturated carbocycles. The molecule has 0 N–H and O–H groups in total. The molecule has 4 rings (SSSR count). The third-order valence-corrected chi connectivity index (χ3v) is 7.95. The lowest BCUT2D eigenvalue weighted by Gasteiger charge is -2.41. The number of amides is 1. The summed E-state index contributed by atoms with van der Waals surface area (Å²) in [6.45, 7) is 5.80. The van der Waals surface area contributed by atoms with Gasteiger partial charge in [0, 0.05) is 62.9 Å². The average molecular weight is 407 g/mol. The molecule has 3 aliphatic rings. The zero-order valence-corrected chi connectivity index (χ0v) is 17.6. The summed E-state index contributed by atoms with van der Waals surface area (Å²) < 4.78 is 26.1. The lowest BCUT2D eigenvalue weighted by molar-refractivity contribution is -0.128. The summed E-state index contributed by atoms with van der Waals surface area (Å²) in [5.74, 6) is 0.788. The van der Waals surface area contributed by atoms with Gasteiger partial charge in [-0.05, 0) is 38.2 Å². The second-order valence-corrected chi connectivity index (χ2v) is 10.5. The van der Waals surface area contributed by atoms with Crippen LogP contribution in [0.2, 0.25) is 0 Å². The molecule has 28 heavy (non-hydrogen) atoms. The standard InChI is InChI=1S/C20H30N4O3S/c1-16(25)22-11-4-12-23(14-13-22)17-6-8-20(9-7-17)15-24(28(2,26)27)19-18(20)5-3-10-21-19/h3,5,10,17H,4,6-9,11-15H2,1-2H3. The molecule has 1 aromatic rings. The predicted octanol–water partition coefficient (Wildman–Crippen LogP) is 1.60. The van der Waals surface area contributed by atoms with E-state index in [-0.39, 0.29) is 11.3 Å². The van der Waals surface area contributed by atoms with Gasteiger partial charge < -0.3 is 4.90 Å². The summed E-state index contributed by atoms with van der Waals surface area (Å²) in [6.07, 6.45) is 8.06. The van der Waals surface area contributed by atoms with Gasteiger partial charge in [0.15, 0.2) is 0 Å². The molecule has 1 aromatic heterocycles. The van der Waals surface area contributed by atoms with E-state index in [0.29, 0.717) is 18.4 Å². The van der Waals surface area contributed by atoms with Crippen LogP contribution < -0.4 is 4.31 Å². The van der Waals surface area contributed by atoms with Crippen molar-refractivity contribution < 1.29 is 13.2 Å². The summed E-state index contributed by atoms with van der Waals surface area (Å²) >= 11 is 0. The number of carbonyl (C=O) groups excluding carboxylic acids is 1. The van der Waals surface area contributed by atoms with Gasteiger partial charge in [0.1, 0.15) is 5.82 Å². The number of hydrogen-bond donors (Lipinski definition) is 0. The van der Waals surface area contributed by atoms with Crippen LogP contribution in [0, 0.1) is 0 Å². The van der Waals surface area contributed by atoms with E-state index in [2.05, 4.69) is 16.0 Å². The quantitative estimate of drug-likeness (QED) is 0.746. The number of hydrogen-bond acceptors (Lipinski definition) is 5. The van der Waals surface area contributed by atoms with Gasteiger partial charge in [-0.25, -0.2) is 13.4 Å². The van der Waals surface area contributed by atoms with E-state index in [9.17, 15) is 13.2 Å². The Labute approximate surface area is 167 Å². The van der Waals surface area contributed by atoms with Gasteiger partial charge in [0.2, 0.25) is 15.9 Å². The minimum Gasteiger partial charge on any atom is -0.342 e. The fourth-order valence-corrected chi connectivity index (χ4v) is 6.23. The minimum absolute atomic E-state index is 0.111. The third-order valence-electron chi connectivity index (χ3n) is 6.85. The lowest BCUT2D eigenvalue weighted by atomic mass is 9.69. The molecule has 154 valence electrons. The van der Waals surface area contributed by atoms with E-state index < -0.39 is 10.0 Å². The summed E-state index contributed by atoms with van der Waals surface area (Å²) in [5.41, 5.74) is 0.984. The second kappa shape index (κ2) is 7.30. The second-order valence-electron chi connectivity index (χ2n) is 8.55. The van der Waals surface area contributed by atoms with Crippen LogP contribution in [0.25, 0.3) is 0 Å². The van der Waals surface area contributed by atoms with E-state index in [0.717, 1.165) is 63.8 Å². The first kappa shape index (κ1) is 19.6. The van der Waals surface area contributed by atoms with E-state index in [1.807, 2.05) is 11.0 Å². The molecule has 1 saturated heterocycles.